The average molecular weight is 370 g/mol. The number of hydrogen-bond donors (Lipinski definition) is 0. The minimum atomic E-state index is 0.0151. The van der Waals surface area contributed by atoms with E-state index in [1.807, 2.05) is 41.3 Å². The van der Waals surface area contributed by atoms with Crippen molar-refractivity contribution in [2.24, 2.45) is 0 Å². The van der Waals surface area contributed by atoms with E-state index in [9.17, 15) is 4.79 Å². The Morgan fingerprint density at radius 3 is 3.00 bits per heavy atom. The lowest BCUT2D eigenvalue weighted by molar-refractivity contribution is -0.127. The molecule has 1 amide bonds. The first-order chi connectivity index (χ1) is 12.3. The van der Waals surface area contributed by atoms with Gasteiger partial charge in [0.05, 0.1) is 29.0 Å². The van der Waals surface area contributed by atoms with Crippen LogP contribution in [0.1, 0.15) is 16.8 Å². The van der Waals surface area contributed by atoms with Crippen molar-refractivity contribution >= 4 is 40.3 Å². The first-order valence-corrected chi connectivity index (χ1v) is 10.4. The van der Waals surface area contributed by atoms with Gasteiger partial charge in [-0.25, -0.2) is 4.98 Å². The molecule has 1 aliphatic heterocycles. The first-order valence-electron chi connectivity index (χ1n) is 8.18. The molecule has 1 fully saturated rings. The molecule has 0 N–H and O–H groups in total. The van der Waals surface area contributed by atoms with E-state index in [1.165, 1.54) is 0 Å². The standard InChI is InChI=1S/C19H18N2O2S2/c22-18-13-25-19(17-8-7-14-4-1-2-6-16(14)20-17)21(18)9-11-24-12-15-5-3-10-23-15/h1-8,10,19H,9,11-13H2. The summed E-state index contributed by atoms with van der Waals surface area (Å²) in [5.74, 6) is 3.42. The minimum Gasteiger partial charge on any atom is -0.468 e. The van der Waals surface area contributed by atoms with E-state index in [2.05, 4.69) is 12.1 Å². The predicted octanol–water partition coefficient (Wildman–Crippen LogP) is 4.34. The number of pyridine rings is 1. The Balaban J connectivity index is 1.43. The van der Waals surface area contributed by atoms with Gasteiger partial charge in [-0.1, -0.05) is 24.3 Å². The molecule has 4 rings (SSSR count). The minimum absolute atomic E-state index is 0.0151. The molecule has 1 unspecified atom stereocenters. The number of aromatic nitrogens is 1. The van der Waals surface area contributed by atoms with E-state index in [-0.39, 0.29) is 11.3 Å². The van der Waals surface area contributed by atoms with Crippen molar-refractivity contribution in [2.45, 2.75) is 11.1 Å². The third-order valence-corrected chi connectivity index (χ3v) is 6.33. The fourth-order valence-corrected chi connectivity index (χ4v) is 4.90. The summed E-state index contributed by atoms with van der Waals surface area (Å²) >= 11 is 3.44. The number of carbonyl (C=O) groups is 1. The highest BCUT2D eigenvalue weighted by Crippen LogP contribution is 2.38. The third-order valence-electron chi connectivity index (χ3n) is 4.14. The largest absolute Gasteiger partial charge is 0.468 e. The number of nitrogens with zero attached hydrogens (tertiary/aromatic N) is 2. The van der Waals surface area contributed by atoms with Gasteiger partial charge < -0.3 is 9.32 Å². The molecule has 25 heavy (non-hydrogen) atoms. The predicted molar refractivity (Wildman–Crippen MR) is 104 cm³/mol. The van der Waals surface area contributed by atoms with Crippen molar-refractivity contribution in [1.29, 1.82) is 0 Å². The van der Waals surface area contributed by atoms with Crippen LogP contribution in [-0.4, -0.2) is 33.8 Å². The Bertz CT molecular complexity index is 867. The van der Waals surface area contributed by atoms with Crippen molar-refractivity contribution in [2.75, 3.05) is 18.1 Å². The maximum absolute atomic E-state index is 12.3. The SMILES string of the molecule is O=C1CSC(c2ccc3ccccc3n2)N1CCSCc1ccco1. The van der Waals surface area contributed by atoms with E-state index >= 15 is 0 Å². The van der Waals surface area contributed by atoms with Crippen molar-refractivity contribution in [3.8, 4) is 0 Å². The summed E-state index contributed by atoms with van der Waals surface area (Å²) in [6.07, 6.45) is 1.69. The van der Waals surface area contributed by atoms with Gasteiger partial charge in [0.15, 0.2) is 0 Å². The molecular weight excluding hydrogens is 352 g/mol. The maximum Gasteiger partial charge on any atom is 0.233 e. The van der Waals surface area contributed by atoms with Gasteiger partial charge in [0, 0.05) is 17.7 Å². The van der Waals surface area contributed by atoms with Crippen LogP contribution in [0.3, 0.4) is 0 Å². The van der Waals surface area contributed by atoms with Gasteiger partial charge >= 0.3 is 0 Å². The number of fused-ring (bicyclic) bond motifs is 1. The van der Waals surface area contributed by atoms with Crippen LogP contribution < -0.4 is 0 Å². The van der Waals surface area contributed by atoms with E-state index in [4.69, 9.17) is 9.40 Å². The van der Waals surface area contributed by atoms with Gasteiger partial charge in [0.2, 0.25) is 5.91 Å². The van der Waals surface area contributed by atoms with Crippen LogP contribution >= 0.6 is 23.5 Å². The second kappa shape index (κ2) is 7.54. The molecule has 2 aromatic heterocycles. The zero-order valence-corrected chi connectivity index (χ0v) is 15.3. The van der Waals surface area contributed by atoms with Crippen LogP contribution in [0.2, 0.25) is 0 Å². The number of furan rings is 1. The molecule has 1 atom stereocenters. The van der Waals surface area contributed by atoms with Crippen LogP contribution in [-0.2, 0) is 10.5 Å². The first kappa shape index (κ1) is 16.5. The van der Waals surface area contributed by atoms with Gasteiger partial charge in [0.25, 0.3) is 0 Å². The Morgan fingerprint density at radius 1 is 1.20 bits per heavy atom. The molecule has 3 aromatic rings. The zero-order chi connectivity index (χ0) is 17.1. The molecular formula is C19H18N2O2S2. The number of thioether (sulfide) groups is 2. The number of carbonyl (C=O) groups excluding carboxylic acids is 1. The molecule has 0 saturated carbocycles. The number of hydrogen-bond acceptors (Lipinski definition) is 5. The number of rotatable bonds is 6. The normalized spacial score (nSPS) is 17.5. The van der Waals surface area contributed by atoms with E-state index in [0.717, 1.165) is 40.4 Å². The topological polar surface area (TPSA) is 46.3 Å². The lowest BCUT2D eigenvalue weighted by Gasteiger charge is -2.23. The molecule has 4 nitrogen and oxygen atoms in total. The Kier molecular flexibility index (Phi) is 4.99. The molecule has 1 aliphatic rings. The van der Waals surface area contributed by atoms with Gasteiger partial charge in [0.1, 0.15) is 11.1 Å². The molecule has 0 spiro atoms. The lowest BCUT2D eigenvalue weighted by Crippen LogP contribution is -2.30. The third kappa shape index (κ3) is 3.70. The highest BCUT2D eigenvalue weighted by molar-refractivity contribution is 8.00. The summed E-state index contributed by atoms with van der Waals surface area (Å²) in [4.78, 5) is 19.0. The molecule has 128 valence electrons. The quantitative estimate of drug-likeness (QED) is 0.604. The van der Waals surface area contributed by atoms with Crippen LogP contribution in [0.15, 0.2) is 59.2 Å². The Hall–Kier alpha value is -1.92. The Morgan fingerprint density at radius 2 is 2.12 bits per heavy atom. The molecule has 1 saturated heterocycles. The van der Waals surface area contributed by atoms with Crippen LogP contribution in [0.25, 0.3) is 10.9 Å². The van der Waals surface area contributed by atoms with Crippen LogP contribution in [0.4, 0.5) is 0 Å². The summed E-state index contributed by atoms with van der Waals surface area (Å²) in [6, 6.07) is 16.1. The van der Waals surface area contributed by atoms with Gasteiger partial charge in [-0.05, 0) is 24.3 Å². The highest BCUT2D eigenvalue weighted by atomic mass is 32.2. The molecule has 0 bridgehead atoms. The van der Waals surface area contributed by atoms with Gasteiger partial charge in [-0.3, -0.25) is 4.79 Å². The van der Waals surface area contributed by atoms with Crippen molar-refractivity contribution in [1.82, 2.24) is 9.88 Å². The number of amides is 1. The zero-order valence-electron chi connectivity index (χ0n) is 13.6. The van der Waals surface area contributed by atoms with E-state index in [0.29, 0.717) is 5.75 Å². The fourth-order valence-electron chi connectivity index (χ4n) is 2.89. The van der Waals surface area contributed by atoms with Crippen molar-refractivity contribution in [3.05, 3.63) is 66.2 Å². The molecule has 6 heteroatoms. The lowest BCUT2D eigenvalue weighted by atomic mass is 10.2. The summed E-state index contributed by atoms with van der Waals surface area (Å²) in [7, 11) is 0. The molecule has 3 heterocycles. The van der Waals surface area contributed by atoms with Crippen molar-refractivity contribution < 1.29 is 9.21 Å². The maximum atomic E-state index is 12.3. The van der Waals surface area contributed by atoms with E-state index in [1.54, 1.807) is 29.8 Å². The summed E-state index contributed by atoms with van der Waals surface area (Å²) in [6.45, 7) is 0.733. The van der Waals surface area contributed by atoms with Crippen LogP contribution in [0.5, 0.6) is 0 Å². The molecule has 0 aliphatic carbocycles. The summed E-state index contributed by atoms with van der Waals surface area (Å²) in [5.41, 5.74) is 1.94. The van der Waals surface area contributed by atoms with Crippen LogP contribution in [0, 0.1) is 0 Å². The second-order valence-electron chi connectivity index (χ2n) is 5.81. The Labute approximate surface area is 155 Å². The summed E-state index contributed by atoms with van der Waals surface area (Å²) < 4.78 is 5.34. The fraction of sp³-hybridized carbons (Fsp3) is 0.263. The van der Waals surface area contributed by atoms with Gasteiger partial charge in [-0.2, -0.15) is 11.8 Å². The second-order valence-corrected chi connectivity index (χ2v) is 7.98. The number of benzene rings is 1. The highest BCUT2D eigenvalue weighted by Gasteiger charge is 2.33. The van der Waals surface area contributed by atoms with Crippen molar-refractivity contribution in [3.63, 3.8) is 0 Å². The molecule has 0 radical (unpaired) electrons. The van der Waals surface area contributed by atoms with Gasteiger partial charge in [-0.15, -0.1) is 11.8 Å². The smallest absolute Gasteiger partial charge is 0.233 e. The number of para-hydroxylation sites is 1. The summed E-state index contributed by atoms with van der Waals surface area (Å²) in [5, 5.41) is 1.14. The average Bonchev–Trinajstić information content (AvgIpc) is 3.28. The molecule has 1 aromatic carbocycles. The monoisotopic (exact) mass is 370 g/mol. The van der Waals surface area contributed by atoms with E-state index < -0.39 is 0 Å².